The lowest BCUT2D eigenvalue weighted by Gasteiger charge is -2.15. The lowest BCUT2D eigenvalue weighted by molar-refractivity contribution is 0.0500. The van der Waals surface area contributed by atoms with Crippen molar-refractivity contribution in [1.29, 1.82) is 0 Å². The SMILES string of the molecule is C=CCOCCOCc1c(C)cc(C)c(C(=O)Cl)c1C. The van der Waals surface area contributed by atoms with E-state index in [1.807, 2.05) is 26.8 Å². The van der Waals surface area contributed by atoms with E-state index < -0.39 is 5.24 Å². The summed E-state index contributed by atoms with van der Waals surface area (Å²) in [5.41, 5.74) is 4.50. The van der Waals surface area contributed by atoms with Gasteiger partial charge in [0.2, 0.25) is 0 Å². The molecule has 4 heteroatoms. The molecule has 0 N–H and O–H groups in total. The highest BCUT2D eigenvalue weighted by Gasteiger charge is 2.15. The second kappa shape index (κ2) is 8.20. The van der Waals surface area contributed by atoms with Gasteiger partial charge in [-0.05, 0) is 54.6 Å². The van der Waals surface area contributed by atoms with Crippen LogP contribution in [-0.2, 0) is 16.1 Å². The molecule has 110 valence electrons. The summed E-state index contributed by atoms with van der Waals surface area (Å²) in [6.07, 6.45) is 1.70. The molecule has 0 aliphatic heterocycles. The summed E-state index contributed by atoms with van der Waals surface area (Å²) in [6.45, 7) is 11.4. The second-order valence-corrected chi connectivity index (χ2v) is 5.02. The molecule has 1 aromatic carbocycles. The molecule has 0 fully saturated rings. The monoisotopic (exact) mass is 296 g/mol. The maximum atomic E-state index is 11.5. The molecule has 0 saturated carbocycles. The summed E-state index contributed by atoms with van der Waals surface area (Å²) >= 11 is 5.65. The predicted octanol–water partition coefficient (Wildman–Crippen LogP) is 3.71. The zero-order valence-corrected chi connectivity index (χ0v) is 13.0. The van der Waals surface area contributed by atoms with E-state index in [0.29, 0.717) is 32.0 Å². The van der Waals surface area contributed by atoms with Gasteiger partial charge in [-0.2, -0.15) is 0 Å². The number of ether oxygens (including phenoxy) is 2. The van der Waals surface area contributed by atoms with Crippen LogP contribution in [0.15, 0.2) is 18.7 Å². The second-order valence-electron chi connectivity index (χ2n) is 4.68. The zero-order valence-electron chi connectivity index (χ0n) is 12.3. The number of halogens is 1. The Hall–Kier alpha value is -1.16. The molecular weight excluding hydrogens is 276 g/mol. The lowest BCUT2D eigenvalue weighted by Crippen LogP contribution is -2.09. The van der Waals surface area contributed by atoms with Gasteiger partial charge in [-0.3, -0.25) is 4.79 Å². The van der Waals surface area contributed by atoms with Crippen LogP contribution in [-0.4, -0.2) is 25.1 Å². The molecule has 0 atom stereocenters. The number of hydrogen-bond acceptors (Lipinski definition) is 3. The lowest BCUT2D eigenvalue weighted by atomic mass is 9.94. The molecule has 3 nitrogen and oxygen atoms in total. The number of carbonyl (C=O) groups is 1. The standard InChI is InChI=1S/C16H21ClO3/c1-5-6-19-7-8-20-10-14-11(2)9-12(3)15(13(14)4)16(17)18/h5,9H,1,6-8,10H2,2-4H3. The molecule has 0 bridgehead atoms. The van der Waals surface area contributed by atoms with E-state index in [2.05, 4.69) is 6.58 Å². The number of aryl methyl sites for hydroxylation is 2. The molecule has 20 heavy (non-hydrogen) atoms. The molecule has 1 aromatic rings. The largest absolute Gasteiger partial charge is 0.375 e. The van der Waals surface area contributed by atoms with Crippen molar-refractivity contribution in [2.75, 3.05) is 19.8 Å². The average molecular weight is 297 g/mol. The van der Waals surface area contributed by atoms with Gasteiger partial charge in [0.1, 0.15) is 0 Å². The fourth-order valence-electron chi connectivity index (χ4n) is 2.21. The van der Waals surface area contributed by atoms with E-state index in [1.54, 1.807) is 6.08 Å². The zero-order chi connectivity index (χ0) is 15.1. The smallest absolute Gasteiger partial charge is 0.252 e. The molecule has 0 unspecified atom stereocenters. The van der Waals surface area contributed by atoms with Crippen LogP contribution in [0.1, 0.15) is 32.6 Å². The Morgan fingerprint density at radius 3 is 2.50 bits per heavy atom. The van der Waals surface area contributed by atoms with E-state index in [-0.39, 0.29) is 0 Å². The van der Waals surface area contributed by atoms with Crippen LogP contribution >= 0.6 is 11.6 Å². The van der Waals surface area contributed by atoms with Crippen molar-refractivity contribution in [1.82, 2.24) is 0 Å². The van der Waals surface area contributed by atoms with Crippen LogP contribution in [0.4, 0.5) is 0 Å². The van der Waals surface area contributed by atoms with Crippen LogP contribution in [0.2, 0.25) is 0 Å². The minimum absolute atomic E-state index is 0.421. The molecule has 1 rings (SSSR count). The first kappa shape index (κ1) is 16.9. The number of benzene rings is 1. The van der Waals surface area contributed by atoms with Crippen molar-refractivity contribution in [3.05, 3.63) is 46.5 Å². The third kappa shape index (κ3) is 4.44. The summed E-state index contributed by atoms with van der Waals surface area (Å²) in [5.74, 6) is 0. The first-order chi connectivity index (χ1) is 9.49. The van der Waals surface area contributed by atoms with Crippen LogP contribution in [0, 0.1) is 20.8 Å². The van der Waals surface area contributed by atoms with Gasteiger partial charge in [-0.1, -0.05) is 12.1 Å². The highest BCUT2D eigenvalue weighted by molar-refractivity contribution is 6.68. The van der Waals surface area contributed by atoms with Crippen molar-refractivity contribution < 1.29 is 14.3 Å². The third-order valence-electron chi connectivity index (χ3n) is 3.18. The molecule has 0 spiro atoms. The maximum Gasteiger partial charge on any atom is 0.252 e. The Bertz CT molecular complexity index is 495. The molecular formula is C16H21ClO3. The number of rotatable bonds is 8. The summed E-state index contributed by atoms with van der Waals surface area (Å²) < 4.78 is 10.8. The Kier molecular flexibility index (Phi) is 6.93. The molecule has 0 saturated heterocycles. The molecule has 0 aliphatic carbocycles. The summed E-state index contributed by atoms with van der Waals surface area (Å²) in [6, 6.07) is 1.97. The maximum absolute atomic E-state index is 11.5. The Morgan fingerprint density at radius 1 is 1.25 bits per heavy atom. The van der Waals surface area contributed by atoms with Crippen LogP contribution < -0.4 is 0 Å². The van der Waals surface area contributed by atoms with Gasteiger partial charge in [0.25, 0.3) is 5.24 Å². The van der Waals surface area contributed by atoms with Crippen molar-refractivity contribution in [3.63, 3.8) is 0 Å². The molecule has 0 aliphatic rings. The summed E-state index contributed by atoms with van der Waals surface area (Å²) in [5, 5.41) is -0.421. The number of hydrogen-bond donors (Lipinski definition) is 0. The van der Waals surface area contributed by atoms with Crippen molar-refractivity contribution >= 4 is 16.8 Å². The summed E-state index contributed by atoms with van der Waals surface area (Å²) in [7, 11) is 0. The molecule has 0 radical (unpaired) electrons. The third-order valence-corrected chi connectivity index (χ3v) is 3.37. The molecule has 0 heterocycles. The Labute approximate surface area is 125 Å². The molecule has 0 aromatic heterocycles. The predicted molar refractivity (Wildman–Crippen MR) is 81.5 cm³/mol. The van der Waals surface area contributed by atoms with Crippen LogP contribution in [0.5, 0.6) is 0 Å². The first-order valence-electron chi connectivity index (χ1n) is 6.55. The topological polar surface area (TPSA) is 35.5 Å². The van der Waals surface area contributed by atoms with Gasteiger partial charge in [0.15, 0.2) is 0 Å². The van der Waals surface area contributed by atoms with Crippen LogP contribution in [0.25, 0.3) is 0 Å². The number of carbonyl (C=O) groups excluding carboxylic acids is 1. The fraction of sp³-hybridized carbons (Fsp3) is 0.438. The van der Waals surface area contributed by atoms with Gasteiger partial charge < -0.3 is 9.47 Å². The van der Waals surface area contributed by atoms with E-state index >= 15 is 0 Å². The minimum atomic E-state index is -0.421. The first-order valence-corrected chi connectivity index (χ1v) is 6.92. The summed E-state index contributed by atoms with van der Waals surface area (Å²) in [4.78, 5) is 11.5. The quantitative estimate of drug-likeness (QED) is 0.417. The Morgan fingerprint density at radius 2 is 1.90 bits per heavy atom. The van der Waals surface area contributed by atoms with E-state index in [1.165, 1.54) is 0 Å². The molecule has 0 amide bonds. The van der Waals surface area contributed by atoms with E-state index in [9.17, 15) is 4.79 Å². The van der Waals surface area contributed by atoms with Gasteiger partial charge >= 0.3 is 0 Å². The average Bonchev–Trinajstić information content (AvgIpc) is 2.35. The normalized spacial score (nSPS) is 10.6. The van der Waals surface area contributed by atoms with Gasteiger partial charge in [0.05, 0.1) is 26.4 Å². The van der Waals surface area contributed by atoms with Crippen molar-refractivity contribution in [3.8, 4) is 0 Å². The van der Waals surface area contributed by atoms with Crippen LogP contribution in [0.3, 0.4) is 0 Å². The highest BCUT2D eigenvalue weighted by atomic mass is 35.5. The fourth-order valence-corrected chi connectivity index (χ4v) is 2.50. The van der Waals surface area contributed by atoms with Crippen molar-refractivity contribution in [2.24, 2.45) is 0 Å². The van der Waals surface area contributed by atoms with Gasteiger partial charge in [0, 0.05) is 5.56 Å². The van der Waals surface area contributed by atoms with E-state index in [0.717, 1.165) is 22.3 Å². The Balaban J connectivity index is 2.72. The van der Waals surface area contributed by atoms with Gasteiger partial charge in [-0.15, -0.1) is 6.58 Å². The van der Waals surface area contributed by atoms with E-state index in [4.69, 9.17) is 21.1 Å². The van der Waals surface area contributed by atoms with Crippen molar-refractivity contribution in [2.45, 2.75) is 27.4 Å². The highest BCUT2D eigenvalue weighted by Crippen LogP contribution is 2.24. The van der Waals surface area contributed by atoms with Gasteiger partial charge in [-0.25, -0.2) is 0 Å². The minimum Gasteiger partial charge on any atom is -0.375 e.